The third kappa shape index (κ3) is 3.98. The molecule has 0 fully saturated rings. The van der Waals surface area contributed by atoms with Gasteiger partial charge in [-0.05, 0) is 30.5 Å². The molecule has 0 heterocycles. The van der Waals surface area contributed by atoms with Crippen molar-refractivity contribution in [3.63, 3.8) is 0 Å². The van der Waals surface area contributed by atoms with E-state index in [4.69, 9.17) is 10.5 Å². The minimum absolute atomic E-state index is 0.144. The summed E-state index contributed by atoms with van der Waals surface area (Å²) in [6.45, 7) is 4.90. The number of methoxy groups -OCH3 is 1. The van der Waals surface area contributed by atoms with Gasteiger partial charge in [0, 0.05) is 12.2 Å². The minimum atomic E-state index is -0.144. The van der Waals surface area contributed by atoms with Gasteiger partial charge in [0.05, 0.1) is 12.7 Å². The standard InChI is InChI=1S/C13H20N2O2/c1-9(2)6-7-15-13(16)11-8-10(14)4-5-12(11)17-3/h4-5,8-9H,6-7,14H2,1-3H3,(H,15,16). The quantitative estimate of drug-likeness (QED) is 0.769. The van der Waals surface area contributed by atoms with Crippen LogP contribution in [0.5, 0.6) is 5.75 Å². The smallest absolute Gasteiger partial charge is 0.255 e. The molecule has 1 aromatic carbocycles. The van der Waals surface area contributed by atoms with E-state index in [9.17, 15) is 4.79 Å². The van der Waals surface area contributed by atoms with Gasteiger partial charge in [0.15, 0.2) is 0 Å². The number of nitrogen functional groups attached to an aromatic ring is 1. The number of carbonyl (C=O) groups excluding carboxylic acids is 1. The van der Waals surface area contributed by atoms with Gasteiger partial charge < -0.3 is 15.8 Å². The Balaban J connectivity index is 2.70. The highest BCUT2D eigenvalue weighted by Gasteiger charge is 2.12. The van der Waals surface area contributed by atoms with E-state index < -0.39 is 0 Å². The first-order valence-corrected chi connectivity index (χ1v) is 5.76. The summed E-state index contributed by atoms with van der Waals surface area (Å²) in [7, 11) is 1.54. The van der Waals surface area contributed by atoms with Gasteiger partial charge in [-0.2, -0.15) is 0 Å². The molecule has 0 aromatic heterocycles. The molecule has 1 amide bonds. The fourth-order valence-electron chi connectivity index (χ4n) is 1.47. The number of nitrogens with two attached hydrogens (primary N) is 1. The molecule has 0 bridgehead atoms. The van der Waals surface area contributed by atoms with Crippen molar-refractivity contribution in [3.8, 4) is 5.75 Å². The summed E-state index contributed by atoms with van der Waals surface area (Å²) >= 11 is 0. The summed E-state index contributed by atoms with van der Waals surface area (Å²) in [5, 5.41) is 2.86. The number of hydrogen-bond acceptors (Lipinski definition) is 3. The van der Waals surface area contributed by atoms with Gasteiger partial charge in [0.2, 0.25) is 0 Å². The van der Waals surface area contributed by atoms with E-state index >= 15 is 0 Å². The first-order valence-electron chi connectivity index (χ1n) is 5.76. The molecule has 0 aliphatic heterocycles. The van der Waals surface area contributed by atoms with Crippen LogP contribution in [-0.4, -0.2) is 19.6 Å². The van der Waals surface area contributed by atoms with Crippen LogP contribution in [0, 0.1) is 5.92 Å². The van der Waals surface area contributed by atoms with Gasteiger partial charge in [0.1, 0.15) is 5.75 Å². The second kappa shape index (κ2) is 6.13. The summed E-state index contributed by atoms with van der Waals surface area (Å²) < 4.78 is 5.13. The molecule has 0 atom stereocenters. The van der Waals surface area contributed by atoms with E-state index in [0.717, 1.165) is 6.42 Å². The molecule has 4 nitrogen and oxygen atoms in total. The number of amides is 1. The summed E-state index contributed by atoms with van der Waals surface area (Å²) in [6, 6.07) is 5.04. The van der Waals surface area contributed by atoms with Crippen LogP contribution in [0.3, 0.4) is 0 Å². The van der Waals surface area contributed by atoms with Crippen molar-refractivity contribution in [2.24, 2.45) is 5.92 Å². The number of benzene rings is 1. The Morgan fingerprint density at radius 3 is 2.76 bits per heavy atom. The lowest BCUT2D eigenvalue weighted by Gasteiger charge is -2.10. The first-order chi connectivity index (χ1) is 8.04. The third-order valence-electron chi connectivity index (χ3n) is 2.48. The second-order valence-corrected chi connectivity index (χ2v) is 4.40. The van der Waals surface area contributed by atoms with Crippen molar-refractivity contribution in [2.45, 2.75) is 20.3 Å². The summed E-state index contributed by atoms with van der Waals surface area (Å²) in [6.07, 6.45) is 0.955. The van der Waals surface area contributed by atoms with Crippen LogP contribution >= 0.6 is 0 Å². The zero-order valence-corrected chi connectivity index (χ0v) is 10.6. The normalized spacial score (nSPS) is 10.4. The number of ether oxygens (including phenoxy) is 1. The van der Waals surface area contributed by atoms with Gasteiger partial charge in [-0.1, -0.05) is 13.8 Å². The highest BCUT2D eigenvalue weighted by Crippen LogP contribution is 2.20. The SMILES string of the molecule is COc1ccc(N)cc1C(=O)NCCC(C)C. The Bertz CT molecular complexity index is 389. The predicted molar refractivity (Wildman–Crippen MR) is 69.2 cm³/mol. The van der Waals surface area contributed by atoms with Crippen LogP contribution in [-0.2, 0) is 0 Å². The average Bonchev–Trinajstić information content (AvgIpc) is 2.28. The molecule has 0 unspecified atom stereocenters. The Kier molecular flexibility index (Phi) is 4.82. The van der Waals surface area contributed by atoms with Crippen LogP contribution in [0.15, 0.2) is 18.2 Å². The minimum Gasteiger partial charge on any atom is -0.496 e. The van der Waals surface area contributed by atoms with E-state index in [2.05, 4.69) is 19.2 Å². The number of nitrogens with one attached hydrogen (secondary N) is 1. The molecule has 0 radical (unpaired) electrons. The topological polar surface area (TPSA) is 64.3 Å². The second-order valence-electron chi connectivity index (χ2n) is 4.40. The molecule has 1 aromatic rings. The summed E-state index contributed by atoms with van der Waals surface area (Å²) in [5.41, 5.74) is 6.70. The van der Waals surface area contributed by atoms with Crippen molar-refractivity contribution in [1.29, 1.82) is 0 Å². The third-order valence-corrected chi connectivity index (χ3v) is 2.48. The fourth-order valence-corrected chi connectivity index (χ4v) is 1.47. The van der Waals surface area contributed by atoms with Crippen LogP contribution < -0.4 is 15.8 Å². The predicted octanol–water partition coefficient (Wildman–Crippen LogP) is 2.05. The maximum absolute atomic E-state index is 11.9. The van der Waals surface area contributed by atoms with Gasteiger partial charge in [-0.3, -0.25) is 4.79 Å². The van der Waals surface area contributed by atoms with Crippen molar-refractivity contribution in [3.05, 3.63) is 23.8 Å². The maximum atomic E-state index is 11.9. The molecule has 0 saturated heterocycles. The number of rotatable bonds is 5. The number of anilines is 1. The summed E-state index contributed by atoms with van der Waals surface area (Å²) in [4.78, 5) is 11.9. The average molecular weight is 236 g/mol. The van der Waals surface area contributed by atoms with Crippen molar-refractivity contribution in [2.75, 3.05) is 19.4 Å². The van der Waals surface area contributed by atoms with Crippen molar-refractivity contribution < 1.29 is 9.53 Å². The molecule has 94 valence electrons. The van der Waals surface area contributed by atoms with E-state index in [1.165, 1.54) is 7.11 Å². The van der Waals surface area contributed by atoms with E-state index in [1.807, 2.05) is 0 Å². The number of hydrogen-bond donors (Lipinski definition) is 2. The summed E-state index contributed by atoms with van der Waals surface area (Å²) in [5.74, 6) is 0.967. The molecule has 1 rings (SSSR count). The lowest BCUT2D eigenvalue weighted by Crippen LogP contribution is -2.25. The van der Waals surface area contributed by atoms with Crippen molar-refractivity contribution in [1.82, 2.24) is 5.32 Å². The largest absolute Gasteiger partial charge is 0.496 e. The molecule has 0 aliphatic carbocycles. The highest BCUT2D eigenvalue weighted by atomic mass is 16.5. The maximum Gasteiger partial charge on any atom is 0.255 e. The first kappa shape index (κ1) is 13.4. The van der Waals surface area contributed by atoms with E-state index in [1.54, 1.807) is 18.2 Å². The molecule has 3 N–H and O–H groups in total. The molecule has 4 heteroatoms. The lowest BCUT2D eigenvalue weighted by molar-refractivity contribution is 0.0949. The van der Waals surface area contributed by atoms with Crippen LogP contribution in [0.2, 0.25) is 0 Å². The number of carbonyl (C=O) groups is 1. The molecule has 0 aliphatic rings. The highest BCUT2D eigenvalue weighted by molar-refractivity contribution is 5.97. The molecular weight excluding hydrogens is 216 g/mol. The molecule has 0 spiro atoms. The molecule has 17 heavy (non-hydrogen) atoms. The van der Waals surface area contributed by atoms with Crippen LogP contribution in [0.4, 0.5) is 5.69 Å². The van der Waals surface area contributed by atoms with Gasteiger partial charge in [-0.25, -0.2) is 0 Å². The van der Waals surface area contributed by atoms with Gasteiger partial charge >= 0.3 is 0 Å². The van der Waals surface area contributed by atoms with Gasteiger partial charge in [0.25, 0.3) is 5.91 Å². The monoisotopic (exact) mass is 236 g/mol. The fraction of sp³-hybridized carbons (Fsp3) is 0.462. The molecule has 0 saturated carbocycles. The Labute approximate surface area is 102 Å². The Morgan fingerprint density at radius 2 is 2.18 bits per heavy atom. The molecular formula is C13H20N2O2. The van der Waals surface area contributed by atoms with Crippen LogP contribution in [0.25, 0.3) is 0 Å². The van der Waals surface area contributed by atoms with Crippen molar-refractivity contribution >= 4 is 11.6 Å². The van der Waals surface area contributed by atoms with E-state index in [0.29, 0.717) is 29.5 Å². The van der Waals surface area contributed by atoms with E-state index in [-0.39, 0.29) is 5.91 Å². The zero-order chi connectivity index (χ0) is 12.8. The van der Waals surface area contributed by atoms with Crippen LogP contribution in [0.1, 0.15) is 30.6 Å². The zero-order valence-electron chi connectivity index (χ0n) is 10.6. The Hall–Kier alpha value is -1.71. The van der Waals surface area contributed by atoms with Gasteiger partial charge in [-0.15, -0.1) is 0 Å². The Morgan fingerprint density at radius 1 is 1.47 bits per heavy atom. The lowest BCUT2D eigenvalue weighted by atomic mass is 10.1.